The Labute approximate surface area is 405 Å². The van der Waals surface area contributed by atoms with Crippen molar-refractivity contribution in [2.45, 2.75) is 74.0 Å². The van der Waals surface area contributed by atoms with Crippen LogP contribution in [0.15, 0.2) is 82.6 Å². The molecule has 2 amide bonds. The molecule has 0 aliphatic carbocycles. The third-order valence-electron chi connectivity index (χ3n) is 11.3. The minimum absolute atomic E-state index is 0.00105. The molecule has 6 rings (SSSR count). The fraction of sp³-hybridized carbons (Fsp3) is 0.400. The molecule has 0 spiro atoms. The highest BCUT2D eigenvalue weighted by atomic mass is 32.2. The Balaban J connectivity index is 1.71. The molecule has 21 heteroatoms. The molecule has 0 saturated carbocycles. The Morgan fingerprint density at radius 3 is 1.23 bits per heavy atom. The van der Waals surface area contributed by atoms with Gasteiger partial charge < -0.3 is 28.7 Å². The first-order valence-corrected chi connectivity index (χ1v) is 23.3. The van der Waals surface area contributed by atoms with Crippen molar-refractivity contribution in [3.05, 3.63) is 106 Å². The van der Waals surface area contributed by atoms with Crippen LogP contribution in [-0.2, 0) is 43.8 Å². The van der Waals surface area contributed by atoms with Gasteiger partial charge in [0.2, 0.25) is 11.8 Å². The van der Waals surface area contributed by atoms with Crippen LogP contribution in [0.1, 0.15) is 72.9 Å². The number of rotatable bonds is 16. The number of morpholine rings is 2. The summed E-state index contributed by atoms with van der Waals surface area (Å²) in [5, 5.41) is 0. The van der Waals surface area contributed by atoms with E-state index in [1.54, 1.807) is 0 Å². The van der Waals surface area contributed by atoms with Gasteiger partial charge in [-0.25, -0.2) is 0 Å². The molecule has 0 bridgehead atoms. The molecule has 0 radical (unpaired) electrons. The Bertz CT molecular complexity index is 2400. The average Bonchev–Trinajstić information content (AvgIpc) is 3.31. The monoisotopic (exact) mass is 1030 g/mol. The lowest BCUT2D eigenvalue weighted by molar-refractivity contribution is -0.164. The van der Waals surface area contributed by atoms with E-state index < -0.39 is 103 Å². The Hall–Kier alpha value is -5.67. The maximum Gasteiger partial charge on any atom is 0.418 e. The van der Waals surface area contributed by atoms with Gasteiger partial charge in [-0.3, -0.25) is 9.59 Å². The van der Waals surface area contributed by atoms with Gasteiger partial charge in [0.1, 0.15) is 11.5 Å². The van der Waals surface area contributed by atoms with Crippen molar-refractivity contribution in [2.75, 3.05) is 65.8 Å². The van der Waals surface area contributed by atoms with Crippen molar-refractivity contribution in [2.24, 2.45) is 0 Å². The topological polar surface area (TPSA) is 77.5 Å². The molecule has 2 saturated heterocycles. The second kappa shape index (κ2) is 23.3. The molecule has 8 nitrogen and oxygen atoms in total. The first-order valence-electron chi connectivity index (χ1n) is 22.5. The zero-order valence-electron chi connectivity index (χ0n) is 38.3. The number of amides is 2. The second-order valence-electron chi connectivity index (χ2n) is 16.3. The second-order valence-corrected chi connectivity index (χ2v) is 17.4. The van der Waals surface area contributed by atoms with E-state index in [1.807, 2.05) is 13.8 Å². The van der Waals surface area contributed by atoms with Crippen LogP contribution in [0.25, 0.3) is 34.4 Å². The summed E-state index contributed by atoms with van der Waals surface area (Å²) in [5.74, 6) is -1.68. The van der Waals surface area contributed by atoms with E-state index in [0.29, 0.717) is 62.1 Å². The van der Waals surface area contributed by atoms with Gasteiger partial charge in [-0.2, -0.15) is 52.7 Å². The van der Waals surface area contributed by atoms with Crippen molar-refractivity contribution in [3.8, 4) is 33.8 Å². The fourth-order valence-corrected chi connectivity index (χ4v) is 9.10. The van der Waals surface area contributed by atoms with Crippen LogP contribution in [0.4, 0.5) is 52.7 Å². The van der Waals surface area contributed by atoms with Crippen molar-refractivity contribution in [3.63, 3.8) is 0 Å². The predicted molar refractivity (Wildman–Crippen MR) is 242 cm³/mol. The van der Waals surface area contributed by atoms with Gasteiger partial charge in [0.05, 0.1) is 61.9 Å². The van der Waals surface area contributed by atoms with Crippen LogP contribution in [-0.4, -0.2) is 87.4 Å². The molecule has 2 heterocycles. The summed E-state index contributed by atoms with van der Waals surface area (Å²) in [6, 6.07) is 11.2. The normalized spacial score (nSPS) is 15.2. The summed E-state index contributed by atoms with van der Waals surface area (Å²) in [6.07, 6.45) is -19.3. The summed E-state index contributed by atoms with van der Waals surface area (Å²) < 4.78 is 209. The number of benzene rings is 4. The minimum Gasteiger partial charge on any atom is -0.494 e. The zero-order valence-corrected chi connectivity index (χ0v) is 39.1. The molecule has 2 aliphatic rings. The van der Waals surface area contributed by atoms with Gasteiger partial charge in [-0.15, -0.1) is 0 Å². The van der Waals surface area contributed by atoms with E-state index >= 15 is 52.7 Å². The lowest BCUT2D eigenvalue weighted by Crippen LogP contribution is -2.39. The third kappa shape index (κ3) is 13.9. The molecule has 0 N–H and O–H groups in total. The summed E-state index contributed by atoms with van der Waals surface area (Å²) in [4.78, 5) is 25.8. The van der Waals surface area contributed by atoms with Crippen molar-refractivity contribution >= 4 is 35.7 Å². The van der Waals surface area contributed by atoms with Gasteiger partial charge in [0.25, 0.3) is 0 Å². The first kappa shape index (κ1) is 54.7. The van der Waals surface area contributed by atoms with Crippen LogP contribution in [0.3, 0.4) is 0 Å². The largest absolute Gasteiger partial charge is 0.494 e. The highest BCUT2D eigenvalue weighted by Crippen LogP contribution is 2.55. The van der Waals surface area contributed by atoms with Gasteiger partial charge in [-0.1, -0.05) is 62.7 Å². The molecule has 0 unspecified atom stereocenters. The quantitative estimate of drug-likeness (QED) is 0.0628. The van der Waals surface area contributed by atoms with Gasteiger partial charge in [-0.05, 0) is 94.8 Å². The number of hydrogen-bond donors (Lipinski definition) is 0. The van der Waals surface area contributed by atoms with E-state index in [4.69, 9.17) is 18.9 Å². The maximum absolute atomic E-state index is 15.6. The molecular formula is C50H48F12N2O6S. The number of nitrogens with zero attached hydrogens (tertiary/aromatic N) is 2. The number of unbranched alkanes of at least 4 members (excludes halogenated alkanes) is 2. The summed E-state index contributed by atoms with van der Waals surface area (Å²) in [5.41, 5.74) is -14.1. The number of hydrogen-bond acceptors (Lipinski definition) is 7. The lowest BCUT2D eigenvalue weighted by atomic mass is 9.90. The molecule has 2 aliphatic heterocycles. The molecule has 0 atom stereocenters. The lowest BCUT2D eigenvalue weighted by Gasteiger charge is -2.27. The van der Waals surface area contributed by atoms with Crippen LogP contribution in [0.5, 0.6) is 11.5 Å². The first-order chi connectivity index (χ1) is 33.5. The van der Waals surface area contributed by atoms with E-state index in [0.717, 1.165) is 0 Å². The Morgan fingerprint density at radius 1 is 0.549 bits per heavy atom. The number of ether oxygens (including phenoxy) is 4. The zero-order chi connectivity index (χ0) is 51.7. The SMILES string of the molecule is CCCCOc1cccc(-c2cc(Sc3cc(-c4cccc(OCCCC)c4)c(/C=C/C(=O)N4CCOCC4)c(C(F)(F)F)c3C(F)(F)F)c(C(F)(F)F)c(C(F)(F)F)c2/C=C/C(=O)N2CCOCC2)c1. The smallest absolute Gasteiger partial charge is 0.418 e. The highest BCUT2D eigenvalue weighted by Gasteiger charge is 2.50. The maximum atomic E-state index is 15.6. The van der Waals surface area contributed by atoms with E-state index in [1.165, 1.54) is 58.3 Å². The van der Waals surface area contributed by atoms with Gasteiger partial charge in [0.15, 0.2) is 0 Å². The molecule has 4 aromatic carbocycles. The summed E-state index contributed by atoms with van der Waals surface area (Å²) >= 11 is -0.602. The van der Waals surface area contributed by atoms with Crippen LogP contribution < -0.4 is 9.47 Å². The van der Waals surface area contributed by atoms with E-state index in [2.05, 4.69) is 0 Å². The standard InChI is InChI=1S/C50H48F12N2O6S/c1-3-5-21-69-33-11-7-9-31(27-33)37-29-39(45(49(57,58)59)43(47(51,52)53)35(37)13-15-41(65)63-17-23-67-24-18-63)71-40-30-38(32-10-8-12-34(28-32)70-22-6-4-2)36(14-16-42(66)64-19-25-68-26-20-64)44(48(54,55)56)46(40)50(60,61)62/h7-16,27-30H,3-6,17-26H2,1-2H3/b15-13+,16-14+. The predicted octanol–water partition coefficient (Wildman–Crippen LogP) is 13.3. The third-order valence-corrected chi connectivity index (χ3v) is 12.4. The number of carbonyl (C=O) groups excluding carboxylic acids is 2. The molecule has 71 heavy (non-hydrogen) atoms. The summed E-state index contributed by atoms with van der Waals surface area (Å²) in [6.45, 7) is 4.19. The van der Waals surface area contributed by atoms with Crippen molar-refractivity contribution < 1.29 is 81.2 Å². The van der Waals surface area contributed by atoms with E-state index in [9.17, 15) is 9.59 Å². The van der Waals surface area contributed by atoms with Crippen LogP contribution in [0, 0.1) is 0 Å². The highest BCUT2D eigenvalue weighted by molar-refractivity contribution is 7.99. The molecule has 384 valence electrons. The number of alkyl halides is 12. The van der Waals surface area contributed by atoms with Gasteiger partial charge >= 0.3 is 24.7 Å². The number of carbonyl (C=O) groups is 2. The number of halogens is 12. The average molecular weight is 1030 g/mol. The Morgan fingerprint density at radius 2 is 0.901 bits per heavy atom. The van der Waals surface area contributed by atoms with Crippen LogP contribution >= 0.6 is 11.8 Å². The van der Waals surface area contributed by atoms with Crippen LogP contribution in [0.2, 0.25) is 0 Å². The Kier molecular flexibility index (Phi) is 17.9. The van der Waals surface area contributed by atoms with Gasteiger partial charge in [0, 0.05) is 48.1 Å². The fourth-order valence-electron chi connectivity index (χ4n) is 7.87. The van der Waals surface area contributed by atoms with E-state index in [-0.39, 0.29) is 88.4 Å². The molecule has 0 aromatic heterocycles. The minimum atomic E-state index is -6.03. The van der Waals surface area contributed by atoms with Crippen molar-refractivity contribution in [1.82, 2.24) is 9.80 Å². The molecule has 4 aromatic rings. The molecular weight excluding hydrogens is 985 g/mol. The molecule has 2 fully saturated rings. The van der Waals surface area contributed by atoms with Crippen molar-refractivity contribution in [1.29, 1.82) is 0 Å². The summed E-state index contributed by atoms with van der Waals surface area (Å²) in [7, 11) is 0.